The monoisotopic (exact) mass is 525 g/mol. The second-order valence-electron chi connectivity index (χ2n) is 8.48. The SMILES string of the molecule is O=C(O)C1(N(Cc2noc(=O)[nH]2)S(=O)(=O)c2ccc(-c3ccc(Cl)cc3)cc2)CC1c1ccccc1. The summed E-state index contributed by atoms with van der Waals surface area (Å²) in [7, 11) is -4.35. The van der Waals surface area contributed by atoms with E-state index in [4.69, 9.17) is 11.6 Å². The smallest absolute Gasteiger partial charge is 0.438 e. The van der Waals surface area contributed by atoms with Crippen molar-refractivity contribution in [2.75, 3.05) is 0 Å². The molecule has 0 aliphatic heterocycles. The molecule has 2 unspecified atom stereocenters. The molecule has 1 aliphatic rings. The Labute approximate surface area is 211 Å². The van der Waals surface area contributed by atoms with Crippen molar-refractivity contribution in [3.05, 3.63) is 106 Å². The molecule has 5 rings (SSSR count). The molecule has 1 heterocycles. The highest BCUT2D eigenvalue weighted by atomic mass is 35.5. The summed E-state index contributed by atoms with van der Waals surface area (Å²) < 4.78 is 33.2. The van der Waals surface area contributed by atoms with Gasteiger partial charge in [-0.1, -0.05) is 71.4 Å². The summed E-state index contributed by atoms with van der Waals surface area (Å²) in [5.74, 6) is -2.84. The van der Waals surface area contributed by atoms with Gasteiger partial charge in [-0.05, 0) is 47.4 Å². The molecule has 0 radical (unpaired) electrons. The maximum atomic E-state index is 13.9. The van der Waals surface area contributed by atoms with E-state index in [9.17, 15) is 23.1 Å². The summed E-state index contributed by atoms with van der Waals surface area (Å²) in [5, 5.41) is 14.4. The number of aromatic nitrogens is 2. The lowest BCUT2D eigenvalue weighted by molar-refractivity contribution is -0.143. The highest BCUT2D eigenvalue weighted by Gasteiger charge is 2.68. The number of aliphatic carboxylic acids is 1. The molecule has 184 valence electrons. The molecule has 2 N–H and O–H groups in total. The van der Waals surface area contributed by atoms with Crippen LogP contribution in [0.4, 0.5) is 0 Å². The van der Waals surface area contributed by atoms with E-state index in [1.54, 1.807) is 54.6 Å². The van der Waals surface area contributed by atoms with Crippen LogP contribution in [0.3, 0.4) is 0 Å². The number of carbonyl (C=O) groups is 1. The summed E-state index contributed by atoms with van der Waals surface area (Å²) >= 11 is 5.95. The lowest BCUT2D eigenvalue weighted by Crippen LogP contribution is -2.48. The van der Waals surface area contributed by atoms with Gasteiger partial charge >= 0.3 is 11.7 Å². The van der Waals surface area contributed by atoms with Crippen LogP contribution in [0, 0.1) is 0 Å². The zero-order valence-electron chi connectivity index (χ0n) is 18.7. The van der Waals surface area contributed by atoms with E-state index in [0.29, 0.717) is 10.6 Å². The highest BCUT2D eigenvalue weighted by Crippen LogP contribution is 2.57. The van der Waals surface area contributed by atoms with Gasteiger partial charge in [0, 0.05) is 10.9 Å². The molecule has 4 aromatic rings. The largest absolute Gasteiger partial charge is 0.480 e. The molecule has 11 heteroatoms. The predicted octanol–water partition coefficient (Wildman–Crippen LogP) is 3.89. The van der Waals surface area contributed by atoms with E-state index in [1.165, 1.54) is 12.1 Å². The Hall–Kier alpha value is -3.73. The molecule has 9 nitrogen and oxygen atoms in total. The van der Waals surface area contributed by atoms with E-state index in [0.717, 1.165) is 15.4 Å². The Balaban J connectivity index is 1.56. The molecule has 36 heavy (non-hydrogen) atoms. The fourth-order valence-electron chi connectivity index (χ4n) is 4.44. The van der Waals surface area contributed by atoms with Gasteiger partial charge in [-0.3, -0.25) is 14.3 Å². The third kappa shape index (κ3) is 4.23. The van der Waals surface area contributed by atoms with E-state index in [1.807, 2.05) is 12.1 Å². The molecule has 1 aromatic heterocycles. The van der Waals surface area contributed by atoms with Crippen LogP contribution in [0.15, 0.2) is 93.1 Å². The van der Waals surface area contributed by atoms with E-state index in [2.05, 4.69) is 14.7 Å². The second-order valence-corrected chi connectivity index (χ2v) is 10.8. The minimum Gasteiger partial charge on any atom is -0.480 e. The minimum atomic E-state index is -4.35. The Kier molecular flexibility index (Phi) is 6.03. The normalized spacial score (nSPS) is 19.3. The van der Waals surface area contributed by atoms with Gasteiger partial charge in [0.25, 0.3) is 0 Å². The molecule has 1 saturated carbocycles. The van der Waals surface area contributed by atoms with Crippen LogP contribution in [0.1, 0.15) is 23.7 Å². The number of H-pyrrole nitrogens is 1. The first kappa shape index (κ1) is 24.0. The fourth-order valence-corrected chi connectivity index (χ4v) is 6.31. The number of hydrogen-bond donors (Lipinski definition) is 2. The van der Waals surface area contributed by atoms with Gasteiger partial charge in [0.05, 0.1) is 11.4 Å². The number of sulfonamides is 1. The zero-order valence-corrected chi connectivity index (χ0v) is 20.2. The molecular weight excluding hydrogens is 506 g/mol. The van der Waals surface area contributed by atoms with Crippen LogP contribution in [-0.2, 0) is 21.4 Å². The number of hydrogen-bond acceptors (Lipinski definition) is 6. The van der Waals surface area contributed by atoms with Gasteiger partial charge in [0.2, 0.25) is 10.0 Å². The topological polar surface area (TPSA) is 134 Å². The van der Waals surface area contributed by atoms with Gasteiger partial charge in [-0.2, -0.15) is 4.31 Å². The summed E-state index contributed by atoms with van der Waals surface area (Å²) in [6.07, 6.45) is 0.0660. The maximum Gasteiger partial charge on any atom is 0.438 e. The number of aromatic amines is 1. The molecule has 2 atom stereocenters. The quantitative estimate of drug-likeness (QED) is 0.356. The molecule has 0 bridgehead atoms. The lowest BCUT2D eigenvalue weighted by Gasteiger charge is -2.28. The van der Waals surface area contributed by atoms with E-state index in [-0.39, 0.29) is 17.1 Å². The Morgan fingerprint density at radius 1 is 1.06 bits per heavy atom. The average molecular weight is 526 g/mol. The predicted molar refractivity (Wildman–Crippen MR) is 131 cm³/mol. The molecule has 0 saturated heterocycles. The number of nitrogens with zero attached hydrogens (tertiary/aromatic N) is 2. The van der Waals surface area contributed by atoms with Gasteiger partial charge in [-0.25, -0.2) is 13.2 Å². The number of carboxylic acid groups (broad SMARTS) is 1. The van der Waals surface area contributed by atoms with Gasteiger partial charge in [0.1, 0.15) is 5.54 Å². The lowest BCUT2D eigenvalue weighted by atomic mass is 10.1. The highest BCUT2D eigenvalue weighted by molar-refractivity contribution is 7.89. The number of rotatable bonds is 8. The third-order valence-electron chi connectivity index (χ3n) is 6.35. The molecule has 1 fully saturated rings. The summed E-state index contributed by atoms with van der Waals surface area (Å²) in [6.45, 7) is -0.483. The van der Waals surface area contributed by atoms with Crippen LogP contribution in [0.2, 0.25) is 5.02 Å². The van der Waals surface area contributed by atoms with Crippen LogP contribution in [0.5, 0.6) is 0 Å². The van der Waals surface area contributed by atoms with Crippen molar-refractivity contribution in [3.63, 3.8) is 0 Å². The van der Waals surface area contributed by atoms with Gasteiger partial charge in [-0.15, -0.1) is 0 Å². The van der Waals surface area contributed by atoms with E-state index >= 15 is 0 Å². The van der Waals surface area contributed by atoms with Gasteiger partial charge in [0.15, 0.2) is 5.82 Å². The van der Waals surface area contributed by atoms with Crippen molar-refractivity contribution in [1.29, 1.82) is 0 Å². The first-order chi connectivity index (χ1) is 17.2. The van der Waals surface area contributed by atoms with Crippen molar-refractivity contribution in [1.82, 2.24) is 14.4 Å². The van der Waals surface area contributed by atoms with Gasteiger partial charge < -0.3 is 5.11 Å². The van der Waals surface area contributed by atoms with Crippen molar-refractivity contribution in [2.45, 2.75) is 29.3 Å². The van der Waals surface area contributed by atoms with Crippen molar-refractivity contribution < 1.29 is 22.8 Å². The van der Waals surface area contributed by atoms with Crippen molar-refractivity contribution >= 4 is 27.6 Å². The molecule has 0 spiro atoms. The second kappa shape index (κ2) is 9.05. The number of benzene rings is 3. The van der Waals surface area contributed by atoms with Crippen LogP contribution >= 0.6 is 11.6 Å². The first-order valence-electron chi connectivity index (χ1n) is 10.9. The minimum absolute atomic E-state index is 0.0660. The Morgan fingerprint density at radius 3 is 2.22 bits per heavy atom. The zero-order chi connectivity index (χ0) is 25.5. The molecule has 0 amide bonds. The Bertz CT molecular complexity index is 1570. The fraction of sp³-hybridized carbons (Fsp3) is 0.160. The summed E-state index contributed by atoms with van der Waals surface area (Å²) in [4.78, 5) is 26.3. The number of halogens is 1. The maximum absolute atomic E-state index is 13.9. The molecule has 1 aliphatic carbocycles. The first-order valence-corrected chi connectivity index (χ1v) is 12.8. The summed E-state index contributed by atoms with van der Waals surface area (Å²) in [5.41, 5.74) is 0.547. The summed E-state index contributed by atoms with van der Waals surface area (Å²) in [6, 6.07) is 22.1. The number of nitrogens with one attached hydrogen (secondary N) is 1. The molecular formula is C25H20ClN3O6S. The van der Waals surface area contributed by atoms with Crippen LogP contribution in [-0.4, -0.2) is 39.5 Å². The standard InChI is InChI=1S/C25H20ClN3O6S/c26-19-10-6-16(7-11-19)17-8-12-20(13-9-17)36(33,34)29(15-22-27-24(32)35-28-22)25(23(30)31)14-21(25)18-4-2-1-3-5-18/h1-13,21H,14-15H2,(H,30,31)(H,27,28,32). The third-order valence-corrected chi connectivity index (χ3v) is 8.50. The molecule has 3 aromatic carbocycles. The van der Waals surface area contributed by atoms with Crippen LogP contribution in [0.25, 0.3) is 11.1 Å². The van der Waals surface area contributed by atoms with Crippen molar-refractivity contribution in [3.8, 4) is 11.1 Å². The average Bonchev–Trinajstić information content (AvgIpc) is 3.50. The van der Waals surface area contributed by atoms with Crippen LogP contribution < -0.4 is 5.76 Å². The Morgan fingerprint density at radius 2 is 1.67 bits per heavy atom. The number of carboxylic acids is 1. The van der Waals surface area contributed by atoms with Crippen molar-refractivity contribution in [2.24, 2.45) is 0 Å². The van der Waals surface area contributed by atoms with E-state index < -0.39 is 39.8 Å².